The number of benzene rings is 1. The van der Waals surface area contributed by atoms with Crippen LogP contribution in [0.2, 0.25) is 0 Å². The van der Waals surface area contributed by atoms with Crippen LogP contribution in [0.4, 0.5) is 5.69 Å². The molecule has 1 aromatic carbocycles. The number of amides is 2. The third kappa shape index (κ3) is 3.38. The van der Waals surface area contributed by atoms with Crippen molar-refractivity contribution in [1.82, 2.24) is 5.32 Å². The zero-order valence-electron chi connectivity index (χ0n) is 11.6. The highest BCUT2D eigenvalue weighted by atomic mass is 16.8. The van der Waals surface area contributed by atoms with Crippen LogP contribution in [0.3, 0.4) is 0 Å². The second-order valence-electron chi connectivity index (χ2n) is 5.34. The van der Waals surface area contributed by atoms with Crippen molar-refractivity contribution < 1.29 is 20.0 Å². The molecule has 1 aliphatic rings. The van der Waals surface area contributed by atoms with E-state index in [1.165, 1.54) is 24.3 Å². The minimum atomic E-state index is -1.05. The quantitative estimate of drug-likeness (QED) is 0.584. The molecular weight excluding hydrogens is 274 g/mol. The maximum atomic E-state index is 12.2. The predicted octanol–water partition coefficient (Wildman–Crippen LogP) is 0.00800. The Hall–Kier alpha value is -1.96. The first-order valence-electron chi connectivity index (χ1n) is 6.90. The summed E-state index contributed by atoms with van der Waals surface area (Å²) >= 11 is 0. The van der Waals surface area contributed by atoms with Gasteiger partial charge in [-0.1, -0.05) is 19.3 Å². The fourth-order valence-corrected chi connectivity index (χ4v) is 2.64. The van der Waals surface area contributed by atoms with Crippen LogP contribution in [0.25, 0.3) is 0 Å². The highest BCUT2D eigenvalue weighted by Crippen LogP contribution is 2.28. The van der Waals surface area contributed by atoms with Crippen molar-refractivity contribution in [3.05, 3.63) is 35.0 Å². The molecule has 21 heavy (non-hydrogen) atoms. The normalized spacial score (nSPS) is 18.8. The topological polar surface area (TPSA) is 120 Å². The number of hydrogen-bond acceptors (Lipinski definition) is 4. The van der Waals surface area contributed by atoms with E-state index in [0.29, 0.717) is 18.4 Å². The van der Waals surface area contributed by atoms with Crippen molar-refractivity contribution >= 4 is 17.5 Å². The van der Waals surface area contributed by atoms with E-state index >= 15 is 0 Å². The SMILES string of the molecule is NC(=O)C1(NC(=O)c2ccc([NH+]([O-])O)cc2)CCCCC1. The summed E-state index contributed by atoms with van der Waals surface area (Å²) in [6, 6.07) is 5.57. The van der Waals surface area contributed by atoms with Crippen LogP contribution < -0.4 is 16.3 Å². The number of hydrogen-bond donors (Lipinski definition) is 4. The molecule has 1 aliphatic carbocycles. The first-order chi connectivity index (χ1) is 9.94. The van der Waals surface area contributed by atoms with E-state index in [-0.39, 0.29) is 5.69 Å². The monoisotopic (exact) mass is 293 g/mol. The summed E-state index contributed by atoms with van der Waals surface area (Å²) in [5.41, 5.74) is 4.89. The van der Waals surface area contributed by atoms with E-state index in [0.717, 1.165) is 19.3 Å². The Balaban J connectivity index is 2.13. The van der Waals surface area contributed by atoms with E-state index in [4.69, 9.17) is 10.9 Å². The van der Waals surface area contributed by atoms with Crippen molar-refractivity contribution in [2.75, 3.05) is 0 Å². The zero-order chi connectivity index (χ0) is 15.5. The van der Waals surface area contributed by atoms with Gasteiger partial charge in [0.15, 0.2) is 5.69 Å². The Morgan fingerprint density at radius 2 is 1.76 bits per heavy atom. The lowest BCUT2D eigenvalue weighted by molar-refractivity contribution is -0.991. The molecule has 0 aliphatic heterocycles. The Morgan fingerprint density at radius 3 is 2.24 bits per heavy atom. The van der Waals surface area contributed by atoms with Crippen LogP contribution in [0.15, 0.2) is 24.3 Å². The molecule has 1 fully saturated rings. The number of nitrogens with one attached hydrogen (secondary N) is 2. The lowest BCUT2D eigenvalue weighted by Gasteiger charge is -2.35. The number of nitrogens with two attached hydrogens (primary N) is 1. The molecule has 0 saturated heterocycles. The van der Waals surface area contributed by atoms with Gasteiger partial charge in [0.25, 0.3) is 5.91 Å². The zero-order valence-corrected chi connectivity index (χ0v) is 11.6. The summed E-state index contributed by atoms with van der Waals surface area (Å²) in [6.45, 7) is 0. The average Bonchev–Trinajstić information content (AvgIpc) is 2.48. The number of rotatable bonds is 4. The Bertz CT molecular complexity index is 522. The Kier molecular flexibility index (Phi) is 4.56. The summed E-state index contributed by atoms with van der Waals surface area (Å²) in [4.78, 5) is 24.0. The number of primary amides is 1. The third-order valence-electron chi connectivity index (χ3n) is 3.93. The fraction of sp³-hybridized carbons (Fsp3) is 0.429. The van der Waals surface area contributed by atoms with E-state index in [9.17, 15) is 14.8 Å². The summed E-state index contributed by atoms with van der Waals surface area (Å²) in [6.07, 6.45) is 3.81. The average molecular weight is 293 g/mol. The van der Waals surface area contributed by atoms with E-state index < -0.39 is 22.6 Å². The molecule has 1 saturated carbocycles. The second-order valence-corrected chi connectivity index (χ2v) is 5.34. The first kappa shape index (κ1) is 15.4. The lowest BCUT2D eigenvalue weighted by atomic mass is 9.81. The van der Waals surface area contributed by atoms with Crippen LogP contribution in [0.1, 0.15) is 42.5 Å². The largest absolute Gasteiger partial charge is 0.595 e. The van der Waals surface area contributed by atoms with Crippen molar-refractivity contribution in [3.8, 4) is 0 Å². The summed E-state index contributed by atoms with van der Waals surface area (Å²) in [5.74, 6) is -0.926. The van der Waals surface area contributed by atoms with E-state index in [1.54, 1.807) is 0 Å². The standard InChI is InChI=1S/C14H19N3O4/c15-13(19)14(8-2-1-3-9-14)16-12(18)10-4-6-11(7-5-10)17(20)21/h4-7,17,20H,1-3,8-9H2,(H2,15,19)(H,16,18). The molecule has 0 heterocycles. The number of carbonyl (C=O) groups excluding carboxylic acids is 2. The minimum Gasteiger partial charge on any atom is -0.595 e. The Morgan fingerprint density at radius 1 is 1.19 bits per heavy atom. The van der Waals surface area contributed by atoms with Gasteiger partial charge in [0.1, 0.15) is 5.54 Å². The van der Waals surface area contributed by atoms with Crippen LogP contribution >= 0.6 is 0 Å². The van der Waals surface area contributed by atoms with Crippen LogP contribution in [0, 0.1) is 5.21 Å². The predicted molar refractivity (Wildman–Crippen MR) is 74.7 cm³/mol. The van der Waals surface area contributed by atoms with Crippen molar-refractivity contribution in [3.63, 3.8) is 0 Å². The number of carbonyl (C=O) groups is 2. The van der Waals surface area contributed by atoms with Crippen LogP contribution in [-0.4, -0.2) is 22.6 Å². The molecule has 0 bridgehead atoms. The van der Waals surface area contributed by atoms with Crippen LogP contribution in [0.5, 0.6) is 0 Å². The summed E-state index contributed by atoms with van der Waals surface area (Å²) < 4.78 is 0. The molecule has 1 unspecified atom stereocenters. The maximum Gasteiger partial charge on any atom is 0.252 e. The summed E-state index contributed by atoms with van der Waals surface area (Å²) in [5, 5.41) is 21.3. The molecule has 2 amide bonds. The van der Waals surface area contributed by atoms with Gasteiger partial charge in [0.2, 0.25) is 5.91 Å². The molecular formula is C14H19N3O4. The van der Waals surface area contributed by atoms with Gasteiger partial charge in [-0.3, -0.25) is 9.59 Å². The molecule has 114 valence electrons. The van der Waals surface area contributed by atoms with Gasteiger partial charge in [-0.15, -0.1) is 0 Å². The molecule has 5 N–H and O–H groups in total. The van der Waals surface area contributed by atoms with Gasteiger partial charge in [0, 0.05) is 17.7 Å². The lowest BCUT2D eigenvalue weighted by Crippen LogP contribution is -2.99. The van der Waals surface area contributed by atoms with Gasteiger partial charge in [-0.25, -0.2) is 5.21 Å². The second kappa shape index (κ2) is 6.21. The molecule has 0 spiro atoms. The van der Waals surface area contributed by atoms with Crippen molar-refractivity contribution in [2.45, 2.75) is 37.6 Å². The van der Waals surface area contributed by atoms with Gasteiger partial charge >= 0.3 is 0 Å². The molecule has 2 rings (SSSR count). The van der Waals surface area contributed by atoms with Crippen LogP contribution in [-0.2, 0) is 4.79 Å². The van der Waals surface area contributed by atoms with Gasteiger partial charge in [0.05, 0.1) is 0 Å². The highest BCUT2D eigenvalue weighted by molar-refractivity contribution is 5.99. The molecule has 0 radical (unpaired) electrons. The Labute approximate surface area is 122 Å². The minimum absolute atomic E-state index is 0.105. The fourth-order valence-electron chi connectivity index (χ4n) is 2.64. The molecule has 0 aromatic heterocycles. The summed E-state index contributed by atoms with van der Waals surface area (Å²) in [7, 11) is 0. The first-order valence-corrected chi connectivity index (χ1v) is 6.90. The molecule has 7 nitrogen and oxygen atoms in total. The molecule has 1 aromatic rings. The molecule has 1 atom stereocenters. The molecule has 7 heteroatoms. The third-order valence-corrected chi connectivity index (χ3v) is 3.93. The number of quaternary nitrogens is 1. The smallest absolute Gasteiger partial charge is 0.252 e. The van der Waals surface area contributed by atoms with Gasteiger partial charge < -0.3 is 16.3 Å². The maximum absolute atomic E-state index is 12.2. The van der Waals surface area contributed by atoms with Crippen molar-refractivity contribution in [1.29, 1.82) is 0 Å². The van der Waals surface area contributed by atoms with Crippen molar-refractivity contribution in [2.24, 2.45) is 5.73 Å². The van der Waals surface area contributed by atoms with E-state index in [2.05, 4.69) is 5.32 Å². The highest BCUT2D eigenvalue weighted by Gasteiger charge is 2.39. The van der Waals surface area contributed by atoms with Gasteiger partial charge in [-0.05, 0) is 25.0 Å². The van der Waals surface area contributed by atoms with E-state index in [1.807, 2.05) is 0 Å². The van der Waals surface area contributed by atoms with Gasteiger partial charge in [-0.2, -0.15) is 5.23 Å².